The van der Waals surface area contributed by atoms with E-state index in [1.165, 1.54) is 0 Å². The van der Waals surface area contributed by atoms with Gasteiger partial charge in [-0.15, -0.1) is 0 Å². The van der Waals surface area contributed by atoms with Crippen LogP contribution in [-0.4, -0.2) is 43.1 Å². The first-order chi connectivity index (χ1) is 10.1. The summed E-state index contributed by atoms with van der Waals surface area (Å²) in [7, 11) is 2.13. The SMILES string of the molecule is CCOc1cccc(NCC2CCN(C)CC2)c1[N+](=O)[O-]. The van der Waals surface area contributed by atoms with Crippen LogP contribution in [0, 0.1) is 16.0 Å². The molecular weight excluding hydrogens is 270 g/mol. The largest absolute Gasteiger partial charge is 0.487 e. The van der Waals surface area contributed by atoms with Crippen molar-refractivity contribution in [2.45, 2.75) is 19.8 Å². The Balaban J connectivity index is 2.05. The van der Waals surface area contributed by atoms with Crippen molar-refractivity contribution in [3.8, 4) is 5.75 Å². The van der Waals surface area contributed by atoms with E-state index in [0.717, 1.165) is 32.5 Å². The maximum absolute atomic E-state index is 11.3. The van der Waals surface area contributed by atoms with Crippen LogP contribution in [0.4, 0.5) is 11.4 Å². The summed E-state index contributed by atoms with van der Waals surface area (Å²) < 4.78 is 5.36. The molecule has 0 saturated carbocycles. The van der Waals surface area contributed by atoms with Gasteiger partial charge in [0, 0.05) is 6.54 Å². The molecule has 1 aliphatic heterocycles. The fourth-order valence-electron chi connectivity index (χ4n) is 2.65. The lowest BCUT2D eigenvalue weighted by Crippen LogP contribution is -2.33. The van der Waals surface area contributed by atoms with Crippen LogP contribution in [0.15, 0.2) is 18.2 Å². The van der Waals surface area contributed by atoms with Gasteiger partial charge in [0.2, 0.25) is 0 Å². The second kappa shape index (κ2) is 7.26. The summed E-state index contributed by atoms with van der Waals surface area (Å²) in [6, 6.07) is 5.17. The second-order valence-electron chi connectivity index (χ2n) is 5.47. The van der Waals surface area contributed by atoms with Crippen molar-refractivity contribution in [1.29, 1.82) is 0 Å². The third-order valence-electron chi connectivity index (χ3n) is 3.90. The van der Waals surface area contributed by atoms with Crippen LogP contribution < -0.4 is 10.1 Å². The standard InChI is InChI=1S/C15H23N3O3/c1-3-21-14-6-4-5-13(15(14)18(19)20)16-11-12-7-9-17(2)10-8-12/h4-6,12,16H,3,7-11H2,1-2H3. The molecule has 0 aliphatic carbocycles. The summed E-state index contributed by atoms with van der Waals surface area (Å²) in [6.07, 6.45) is 2.25. The molecule has 21 heavy (non-hydrogen) atoms. The fraction of sp³-hybridized carbons (Fsp3) is 0.600. The highest BCUT2D eigenvalue weighted by Crippen LogP contribution is 2.35. The molecule has 0 aromatic heterocycles. The van der Waals surface area contributed by atoms with E-state index in [1.807, 2.05) is 6.92 Å². The third kappa shape index (κ3) is 4.07. The molecule has 0 bridgehead atoms. The highest BCUT2D eigenvalue weighted by Gasteiger charge is 2.22. The van der Waals surface area contributed by atoms with Gasteiger partial charge in [-0.1, -0.05) is 6.07 Å². The number of rotatable bonds is 6. The topological polar surface area (TPSA) is 67.6 Å². The number of ether oxygens (including phenoxy) is 1. The summed E-state index contributed by atoms with van der Waals surface area (Å²) in [5, 5.41) is 14.5. The maximum Gasteiger partial charge on any atom is 0.333 e. The van der Waals surface area contributed by atoms with Gasteiger partial charge in [-0.2, -0.15) is 0 Å². The Bertz CT molecular complexity index is 485. The van der Waals surface area contributed by atoms with Crippen LogP contribution in [0.1, 0.15) is 19.8 Å². The molecule has 1 saturated heterocycles. The number of anilines is 1. The molecule has 1 N–H and O–H groups in total. The van der Waals surface area contributed by atoms with Crippen molar-refractivity contribution in [3.05, 3.63) is 28.3 Å². The number of nitrogens with one attached hydrogen (secondary N) is 1. The monoisotopic (exact) mass is 293 g/mol. The first kappa shape index (κ1) is 15.6. The van der Waals surface area contributed by atoms with Gasteiger partial charge < -0.3 is 15.0 Å². The van der Waals surface area contributed by atoms with E-state index in [9.17, 15) is 10.1 Å². The Labute approximate surface area is 125 Å². The Morgan fingerprint density at radius 1 is 1.43 bits per heavy atom. The zero-order chi connectivity index (χ0) is 15.2. The van der Waals surface area contributed by atoms with Gasteiger partial charge in [-0.3, -0.25) is 10.1 Å². The Hall–Kier alpha value is -1.82. The van der Waals surface area contributed by atoms with Gasteiger partial charge in [0.05, 0.1) is 11.5 Å². The number of nitro benzene ring substituents is 1. The van der Waals surface area contributed by atoms with Crippen LogP contribution in [0.2, 0.25) is 0 Å². The summed E-state index contributed by atoms with van der Waals surface area (Å²) in [4.78, 5) is 13.2. The fourth-order valence-corrected chi connectivity index (χ4v) is 2.65. The van der Waals surface area contributed by atoms with Crippen LogP contribution in [0.3, 0.4) is 0 Å². The molecule has 0 spiro atoms. The van der Waals surface area contributed by atoms with Crippen molar-refractivity contribution < 1.29 is 9.66 Å². The van der Waals surface area contributed by atoms with E-state index in [2.05, 4.69) is 17.3 Å². The zero-order valence-corrected chi connectivity index (χ0v) is 12.7. The molecular formula is C15H23N3O3. The summed E-state index contributed by atoms with van der Waals surface area (Å²) in [5.74, 6) is 0.896. The Morgan fingerprint density at radius 2 is 2.14 bits per heavy atom. The predicted octanol–water partition coefficient (Wildman–Crippen LogP) is 2.75. The molecule has 1 aromatic rings. The Kier molecular flexibility index (Phi) is 5.38. The number of nitrogens with zero attached hydrogens (tertiary/aromatic N) is 2. The number of hydrogen-bond donors (Lipinski definition) is 1. The first-order valence-electron chi connectivity index (χ1n) is 7.44. The van der Waals surface area contributed by atoms with E-state index >= 15 is 0 Å². The van der Waals surface area contributed by atoms with Crippen LogP contribution in [0.5, 0.6) is 5.75 Å². The first-order valence-corrected chi connectivity index (χ1v) is 7.44. The molecule has 1 aromatic carbocycles. The minimum Gasteiger partial charge on any atom is -0.487 e. The van der Waals surface area contributed by atoms with Gasteiger partial charge in [-0.25, -0.2) is 0 Å². The van der Waals surface area contributed by atoms with Crippen molar-refractivity contribution in [3.63, 3.8) is 0 Å². The lowest BCUT2D eigenvalue weighted by Gasteiger charge is -2.29. The number of piperidine rings is 1. The molecule has 0 atom stereocenters. The predicted molar refractivity (Wildman–Crippen MR) is 83.0 cm³/mol. The van der Waals surface area contributed by atoms with Crippen LogP contribution >= 0.6 is 0 Å². The van der Waals surface area contributed by atoms with E-state index in [4.69, 9.17) is 4.74 Å². The van der Waals surface area contributed by atoms with Crippen molar-refractivity contribution in [2.75, 3.05) is 38.6 Å². The summed E-state index contributed by atoms with van der Waals surface area (Å²) >= 11 is 0. The molecule has 0 radical (unpaired) electrons. The van der Waals surface area contributed by atoms with Gasteiger partial charge in [0.15, 0.2) is 5.75 Å². The minimum absolute atomic E-state index is 0.0345. The molecule has 6 nitrogen and oxygen atoms in total. The molecule has 0 amide bonds. The lowest BCUT2D eigenvalue weighted by molar-refractivity contribution is -0.384. The number of hydrogen-bond acceptors (Lipinski definition) is 5. The van der Waals surface area contributed by atoms with E-state index < -0.39 is 0 Å². The summed E-state index contributed by atoms with van der Waals surface area (Å²) in [6.45, 7) is 5.19. The molecule has 0 unspecified atom stereocenters. The third-order valence-corrected chi connectivity index (χ3v) is 3.90. The van der Waals surface area contributed by atoms with Gasteiger partial charge in [-0.05, 0) is 58.0 Å². The van der Waals surface area contributed by atoms with Gasteiger partial charge >= 0.3 is 5.69 Å². The number of likely N-dealkylation sites (tertiary alicyclic amines) is 1. The van der Waals surface area contributed by atoms with Crippen molar-refractivity contribution in [2.24, 2.45) is 5.92 Å². The molecule has 6 heteroatoms. The van der Waals surface area contributed by atoms with Gasteiger partial charge in [0.25, 0.3) is 0 Å². The van der Waals surface area contributed by atoms with Crippen molar-refractivity contribution in [1.82, 2.24) is 4.90 Å². The Morgan fingerprint density at radius 3 is 2.76 bits per heavy atom. The molecule has 1 aliphatic rings. The van der Waals surface area contributed by atoms with Crippen LogP contribution in [-0.2, 0) is 0 Å². The molecule has 1 fully saturated rings. The lowest BCUT2D eigenvalue weighted by atomic mass is 9.97. The average Bonchev–Trinajstić information content (AvgIpc) is 2.47. The smallest absolute Gasteiger partial charge is 0.333 e. The highest BCUT2D eigenvalue weighted by atomic mass is 16.6. The molecule has 116 valence electrons. The normalized spacial score (nSPS) is 16.7. The van der Waals surface area contributed by atoms with E-state index in [0.29, 0.717) is 24.0 Å². The maximum atomic E-state index is 11.3. The van der Waals surface area contributed by atoms with E-state index in [1.54, 1.807) is 18.2 Å². The number of para-hydroxylation sites is 1. The average molecular weight is 293 g/mol. The van der Waals surface area contributed by atoms with Crippen LogP contribution in [0.25, 0.3) is 0 Å². The number of benzene rings is 1. The minimum atomic E-state index is -0.373. The molecule has 2 rings (SSSR count). The number of nitro groups is 1. The summed E-state index contributed by atoms with van der Waals surface area (Å²) in [5.41, 5.74) is 0.581. The van der Waals surface area contributed by atoms with E-state index in [-0.39, 0.29) is 10.6 Å². The van der Waals surface area contributed by atoms with Crippen molar-refractivity contribution >= 4 is 11.4 Å². The highest BCUT2D eigenvalue weighted by molar-refractivity contribution is 5.68. The van der Waals surface area contributed by atoms with Gasteiger partial charge in [0.1, 0.15) is 5.69 Å². The molecule has 1 heterocycles. The second-order valence-corrected chi connectivity index (χ2v) is 5.47. The zero-order valence-electron chi connectivity index (χ0n) is 12.7. The quantitative estimate of drug-likeness (QED) is 0.645.